The number of nitrogens with one attached hydrogen (secondary N) is 1. The van der Waals surface area contributed by atoms with Gasteiger partial charge in [0, 0.05) is 5.69 Å². The number of nitriles is 1. The van der Waals surface area contributed by atoms with Crippen LogP contribution in [-0.4, -0.2) is 27.5 Å². The summed E-state index contributed by atoms with van der Waals surface area (Å²) in [6.45, 7) is 1.42. The van der Waals surface area contributed by atoms with Crippen LogP contribution in [0.1, 0.15) is 18.1 Å². The highest BCUT2D eigenvalue weighted by Gasteiger charge is 2.34. The van der Waals surface area contributed by atoms with E-state index >= 15 is 0 Å². The minimum absolute atomic E-state index is 0.212. The lowest BCUT2D eigenvalue weighted by atomic mass is 10.2. The molecule has 3 aromatic rings. The first-order valence-corrected chi connectivity index (χ1v) is 11.7. The SMILES string of the molecule is CCOc1ccc(NC(=O)CN(c2cccc(C(F)(F)F)c2)S(=O)(=O)c2ccccc2C#N)cc1. The van der Waals surface area contributed by atoms with Gasteiger partial charge in [0.1, 0.15) is 23.3 Å². The smallest absolute Gasteiger partial charge is 0.416 e. The van der Waals surface area contributed by atoms with E-state index in [9.17, 15) is 31.6 Å². The molecular formula is C24H20F3N3O4S. The highest BCUT2D eigenvalue weighted by Crippen LogP contribution is 2.33. The zero-order valence-corrected chi connectivity index (χ0v) is 19.2. The Morgan fingerprint density at radius 3 is 2.37 bits per heavy atom. The van der Waals surface area contributed by atoms with Crippen molar-refractivity contribution in [1.29, 1.82) is 5.26 Å². The standard InChI is InChI=1S/C24H20F3N3O4S/c1-2-34-21-12-10-19(11-13-21)29-23(31)16-30(20-8-5-7-18(14-20)24(25,26)27)35(32,33)22-9-4-3-6-17(22)15-28/h3-14H,2,16H2,1H3,(H,29,31). The number of nitrogens with zero attached hydrogens (tertiary/aromatic N) is 2. The van der Waals surface area contributed by atoms with Gasteiger partial charge in [0.25, 0.3) is 10.0 Å². The average Bonchev–Trinajstić information content (AvgIpc) is 2.83. The Hall–Kier alpha value is -4.04. The van der Waals surface area contributed by atoms with E-state index in [1.807, 2.05) is 6.92 Å². The number of hydrogen-bond donors (Lipinski definition) is 1. The predicted molar refractivity (Wildman–Crippen MR) is 123 cm³/mol. The highest BCUT2D eigenvalue weighted by atomic mass is 32.2. The Kier molecular flexibility index (Phi) is 7.66. The van der Waals surface area contributed by atoms with Crippen LogP contribution in [0.15, 0.2) is 77.7 Å². The number of carbonyl (C=O) groups excluding carboxylic acids is 1. The van der Waals surface area contributed by atoms with Gasteiger partial charge in [-0.05, 0) is 61.5 Å². The first kappa shape index (κ1) is 25.6. The van der Waals surface area contributed by atoms with Crippen LogP contribution < -0.4 is 14.4 Å². The zero-order chi connectivity index (χ0) is 25.6. The van der Waals surface area contributed by atoms with E-state index in [0.29, 0.717) is 28.4 Å². The van der Waals surface area contributed by atoms with Crippen molar-refractivity contribution in [3.63, 3.8) is 0 Å². The van der Waals surface area contributed by atoms with Crippen molar-refractivity contribution in [3.8, 4) is 11.8 Å². The Labute approximate surface area is 200 Å². The fraction of sp³-hybridized carbons (Fsp3) is 0.167. The molecule has 0 unspecified atom stereocenters. The minimum Gasteiger partial charge on any atom is -0.494 e. The Morgan fingerprint density at radius 2 is 1.74 bits per heavy atom. The summed E-state index contributed by atoms with van der Waals surface area (Å²) >= 11 is 0. The normalized spacial score (nSPS) is 11.4. The van der Waals surface area contributed by atoms with Crippen LogP contribution in [0.4, 0.5) is 24.5 Å². The van der Waals surface area contributed by atoms with E-state index in [0.717, 1.165) is 24.3 Å². The van der Waals surface area contributed by atoms with Crippen molar-refractivity contribution >= 4 is 27.3 Å². The van der Waals surface area contributed by atoms with Crippen molar-refractivity contribution in [2.24, 2.45) is 0 Å². The van der Waals surface area contributed by atoms with Gasteiger partial charge in [-0.2, -0.15) is 18.4 Å². The van der Waals surface area contributed by atoms with Gasteiger partial charge in [-0.3, -0.25) is 9.10 Å². The fourth-order valence-corrected chi connectivity index (χ4v) is 4.75. The molecule has 3 rings (SSSR count). The number of halogens is 3. The number of rotatable bonds is 8. The van der Waals surface area contributed by atoms with Crippen LogP contribution in [0.2, 0.25) is 0 Å². The van der Waals surface area contributed by atoms with E-state index in [1.54, 1.807) is 18.2 Å². The third-order valence-corrected chi connectivity index (χ3v) is 6.61. The van der Waals surface area contributed by atoms with Crippen LogP contribution in [0.25, 0.3) is 0 Å². The molecule has 35 heavy (non-hydrogen) atoms. The number of benzene rings is 3. The topological polar surface area (TPSA) is 99.5 Å². The molecule has 0 saturated carbocycles. The maximum absolute atomic E-state index is 13.5. The molecular weight excluding hydrogens is 483 g/mol. The summed E-state index contributed by atoms with van der Waals surface area (Å²) in [5, 5.41) is 11.9. The minimum atomic E-state index is -4.74. The fourth-order valence-electron chi connectivity index (χ4n) is 3.19. The highest BCUT2D eigenvalue weighted by molar-refractivity contribution is 7.93. The lowest BCUT2D eigenvalue weighted by molar-refractivity contribution is -0.137. The zero-order valence-electron chi connectivity index (χ0n) is 18.4. The van der Waals surface area contributed by atoms with Gasteiger partial charge in [-0.1, -0.05) is 18.2 Å². The summed E-state index contributed by atoms with van der Waals surface area (Å²) in [7, 11) is -4.60. The largest absolute Gasteiger partial charge is 0.494 e. The van der Waals surface area contributed by atoms with Crippen molar-refractivity contribution in [3.05, 3.63) is 83.9 Å². The third kappa shape index (κ3) is 6.10. The molecule has 0 bridgehead atoms. The van der Waals surface area contributed by atoms with Gasteiger partial charge < -0.3 is 10.1 Å². The van der Waals surface area contributed by atoms with Crippen LogP contribution >= 0.6 is 0 Å². The number of anilines is 2. The van der Waals surface area contributed by atoms with E-state index in [2.05, 4.69) is 5.32 Å². The Morgan fingerprint density at radius 1 is 1.06 bits per heavy atom. The predicted octanol–water partition coefficient (Wildman–Crippen LogP) is 4.81. The molecule has 0 radical (unpaired) electrons. The Balaban J connectivity index is 2.00. The molecule has 7 nitrogen and oxygen atoms in total. The summed E-state index contributed by atoms with van der Waals surface area (Å²) in [5.74, 6) is -0.239. The summed E-state index contributed by atoms with van der Waals surface area (Å²) in [5.41, 5.74) is -1.35. The third-order valence-electron chi connectivity index (χ3n) is 4.77. The summed E-state index contributed by atoms with van der Waals surface area (Å²) in [4.78, 5) is 12.3. The van der Waals surface area contributed by atoms with Gasteiger partial charge in [0.15, 0.2) is 0 Å². The Bertz CT molecular complexity index is 1350. The van der Waals surface area contributed by atoms with Crippen LogP contribution in [0.5, 0.6) is 5.75 Å². The van der Waals surface area contributed by atoms with Crippen molar-refractivity contribution in [2.75, 3.05) is 22.8 Å². The van der Waals surface area contributed by atoms with E-state index < -0.39 is 39.1 Å². The van der Waals surface area contributed by atoms with E-state index in [1.165, 1.54) is 30.3 Å². The molecule has 0 saturated heterocycles. The van der Waals surface area contributed by atoms with Crippen LogP contribution in [0, 0.1) is 11.3 Å². The van der Waals surface area contributed by atoms with Gasteiger partial charge in [0.05, 0.1) is 23.4 Å². The van der Waals surface area contributed by atoms with Gasteiger partial charge in [0.2, 0.25) is 5.91 Å². The molecule has 0 aliphatic carbocycles. The molecule has 0 atom stereocenters. The number of alkyl halides is 3. The molecule has 0 aliphatic rings. The van der Waals surface area contributed by atoms with Crippen LogP contribution in [-0.2, 0) is 21.0 Å². The first-order valence-electron chi connectivity index (χ1n) is 10.3. The second-order valence-electron chi connectivity index (χ2n) is 7.17. The quantitative estimate of drug-likeness (QED) is 0.476. The molecule has 0 fully saturated rings. The molecule has 0 aliphatic heterocycles. The lowest BCUT2D eigenvalue weighted by Crippen LogP contribution is -2.38. The summed E-state index contributed by atoms with van der Waals surface area (Å²) in [6.07, 6.45) is -4.74. The average molecular weight is 504 g/mol. The van der Waals surface area contributed by atoms with Gasteiger partial charge in [-0.25, -0.2) is 8.42 Å². The maximum Gasteiger partial charge on any atom is 0.416 e. The molecule has 11 heteroatoms. The number of sulfonamides is 1. The lowest BCUT2D eigenvalue weighted by Gasteiger charge is -2.25. The van der Waals surface area contributed by atoms with Crippen LogP contribution in [0.3, 0.4) is 0 Å². The molecule has 1 N–H and O–H groups in total. The molecule has 0 aromatic heterocycles. The van der Waals surface area contributed by atoms with E-state index in [4.69, 9.17) is 4.74 Å². The molecule has 1 amide bonds. The molecule has 182 valence electrons. The second-order valence-corrected chi connectivity index (χ2v) is 9.00. The summed E-state index contributed by atoms with van der Waals surface area (Å²) in [6, 6.07) is 16.9. The van der Waals surface area contributed by atoms with Gasteiger partial charge in [-0.15, -0.1) is 0 Å². The number of ether oxygens (including phenoxy) is 1. The molecule has 0 spiro atoms. The monoisotopic (exact) mass is 503 g/mol. The van der Waals surface area contributed by atoms with Crippen molar-refractivity contribution in [1.82, 2.24) is 0 Å². The number of amides is 1. The number of carbonyl (C=O) groups is 1. The second kappa shape index (κ2) is 10.5. The van der Waals surface area contributed by atoms with E-state index in [-0.39, 0.29) is 11.3 Å². The van der Waals surface area contributed by atoms with Crippen molar-refractivity contribution < 1.29 is 31.1 Å². The first-order chi connectivity index (χ1) is 16.6. The molecule has 3 aromatic carbocycles. The van der Waals surface area contributed by atoms with Gasteiger partial charge >= 0.3 is 6.18 Å². The molecule has 0 heterocycles. The summed E-state index contributed by atoms with van der Waals surface area (Å²) < 4.78 is 72.7. The van der Waals surface area contributed by atoms with Crippen molar-refractivity contribution in [2.45, 2.75) is 18.0 Å². The number of hydrogen-bond acceptors (Lipinski definition) is 5. The maximum atomic E-state index is 13.5.